The molecule has 1 atom stereocenters. The highest BCUT2D eigenvalue weighted by Crippen LogP contribution is 2.32. The molecule has 0 saturated heterocycles. The van der Waals surface area contributed by atoms with E-state index in [9.17, 15) is 9.59 Å². The Hall–Kier alpha value is -3.48. The van der Waals surface area contributed by atoms with Crippen LogP contribution in [-0.4, -0.2) is 29.8 Å². The van der Waals surface area contributed by atoms with Gasteiger partial charge in [-0.15, -0.1) is 0 Å². The van der Waals surface area contributed by atoms with E-state index in [2.05, 4.69) is 10.3 Å². The molecule has 0 aliphatic carbocycles. The topological polar surface area (TPSA) is 89.7 Å². The minimum absolute atomic E-state index is 0.200. The van der Waals surface area contributed by atoms with E-state index in [1.165, 1.54) is 0 Å². The summed E-state index contributed by atoms with van der Waals surface area (Å²) < 4.78 is 15.9. The maximum Gasteiger partial charge on any atom is 0.341 e. The number of fused-ring (bicyclic) bond motifs is 2. The molecule has 2 aromatic carbocycles. The molecule has 27 heavy (non-hydrogen) atoms. The van der Waals surface area contributed by atoms with E-state index in [-0.39, 0.29) is 12.7 Å². The second kappa shape index (κ2) is 7.03. The van der Waals surface area contributed by atoms with Crippen molar-refractivity contribution in [1.29, 1.82) is 0 Å². The van der Waals surface area contributed by atoms with Crippen molar-refractivity contribution in [3.63, 3.8) is 0 Å². The first-order valence-electron chi connectivity index (χ1n) is 8.55. The van der Waals surface area contributed by atoms with Crippen LogP contribution in [0.15, 0.2) is 48.7 Å². The van der Waals surface area contributed by atoms with Gasteiger partial charge in [0.2, 0.25) is 6.79 Å². The molecule has 0 fully saturated rings. The Labute approximate surface area is 155 Å². The lowest BCUT2D eigenvalue weighted by Crippen LogP contribution is -2.35. The number of carbonyl (C=O) groups excluding carboxylic acids is 2. The monoisotopic (exact) mass is 366 g/mol. The summed E-state index contributed by atoms with van der Waals surface area (Å²) in [6, 6.07) is 12.9. The first kappa shape index (κ1) is 17.0. The smallest absolute Gasteiger partial charge is 0.341 e. The Bertz CT molecular complexity index is 1010. The number of aromatic amines is 1. The van der Waals surface area contributed by atoms with Crippen LogP contribution in [0.1, 0.15) is 22.8 Å². The summed E-state index contributed by atoms with van der Waals surface area (Å²) >= 11 is 0. The largest absolute Gasteiger partial charge is 0.454 e. The maximum atomic E-state index is 12.4. The number of benzene rings is 2. The molecule has 0 bridgehead atoms. The lowest BCUT2D eigenvalue weighted by atomic mass is 10.2. The third-order valence-electron chi connectivity index (χ3n) is 4.37. The van der Waals surface area contributed by atoms with E-state index in [0.717, 1.165) is 16.5 Å². The van der Waals surface area contributed by atoms with Gasteiger partial charge in [-0.1, -0.05) is 24.3 Å². The molecule has 0 spiro atoms. The average molecular weight is 366 g/mol. The molecule has 1 aliphatic heterocycles. The zero-order valence-corrected chi connectivity index (χ0v) is 14.7. The van der Waals surface area contributed by atoms with Gasteiger partial charge in [0.05, 0.1) is 5.56 Å². The Morgan fingerprint density at radius 3 is 2.89 bits per heavy atom. The number of amides is 1. The molecule has 3 aromatic rings. The lowest BCUT2D eigenvalue weighted by Gasteiger charge is -2.13. The first-order chi connectivity index (χ1) is 13.1. The van der Waals surface area contributed by atoms with Gasteiger partial charge >= 0.3 is 5.97 Å². The van der Waals surface area contributed by atoms with E-state index < -0.39 is 12.1 Å². The van der Waals surface area contributed by atoms with Crippen LogP contribution in [0.2, 0.25) is 0 Å². The number of carbonyl (C=O) groups is 2. The Balaban J connectivity index is 1.35. The first-order valence-corrected chi connectivity index (χ1v) is 8.55. The van der Waals surface area contributed by atoms with Crippen molar-refractivity contribution in [1.82, 2.24) is 10.3 Å². The van der Waals surface area contributed by atoms with Crippen LogP contribution < -0.4 is 14.8 Å². The fraction of sp³-hybridized carbons (Fsp3) is 0.200. The fourth-order valence-electron chi connectivity index (χ4n) is 2.90. The van der Waals surface area contributed by atoms with Crippen LogP contribution in [-0.2, 0) is 16.1 Å². The zero-order valence-electron chi connectivity index (χ0n) is 14.7. The SMILES string of the molecule is C[C@H](OC(=O)c1c[nH]c2ccccc12)C(=O)NCc1ccc2c(c1)OCO2. The third kappa shape index (κ3) is 3.44. The number of nitrogens with one attached hydrogen (secondary N) is 2. The van der Waals surface area contributed by atoms with Crippen molar-refractivity contribution in [3.05, 3.63) is 59.8 Å². The Morgan fingerprint density at radius 2 is 2.00 bits per heavy atom. The molecule has 7 heteroatoms. The predicted molar refractivity (Wildman–Crippen MR) is 97.6 cm³/mol. The number of para-hydroxylation sites is 1. The van der Waals surface area contributed by atoms with Crippen LogP contribution in [0.3, 0.4) is 0 Å². The predicted octanol–water partition coefficient (Wildman–Crippen LogP) is 2.76. The van der Waals surface area contributed by atoms with E-state index in [1.54, 1.807) is 19.2 Å². The van der Waals surface area contributed by atoms with Crippen molar-refractivity contribution in [3.8, 4) is 11.5 Å². The molecule has 2 heterocycles. The molecule has 2 N–H and O–H groups in total. The average Bonchev–Trinajstić information content (AvgIpc) is 3.32. The minimum Gasteiger partial charge on any atom is -0.454 e. The maximum absolute atomic E-state index is 12.4. The second-order valence-corrected chi connectivity index (χ2v) is 6.20. The summed E-state index contributed by atoms with van der Waals surface area (Å²) in [5.41, 5.74) is 2.10. The van der Waals surface area contributed by atoms with Crippen molar-refractivity contribution < 1.29 is 23.8 Å². The van der Waals surface area contributed by atoms with Crippen LogP contribution in [0.4, 0.5) is 0 Å². The number of hydrogen-bond acceptors (Lipinski definition) is 5. The molecular weight excluding hydrogens is 348 g/mol. The molecule has 4 rings (SSSR count). The summed E-state index contributed by atoms with van der Waals surface area (Å²) in [4.78, 5) is 27.7. The van der Waals surface area contributed by atoms with E-state index in [0.29, 0.717) is 23.6 Å². The number of esters is 1. The summed E-state index contributed by atoms with van der Waals surface area (Å²) in [7, 11) is 0. The number of aromatic nitrogens is 1. The number of ether oxygens (including phenoxy) is 3. The van der Waals surface area contributed by atoms with Crippen molar-refractivity contribution in [2.45, 2.75) is 19.6 Å². The van der Waals surface area contributed by atoms with Crippen LogP contribution >= 0.6 is 0 Å². The van der Waals surface area contributed by atoms with Gasteiger partial charge in [-0.05, 0) is 30.7 Å². The van der Waals surface area contributed by atoms with Gasteiger partial charge < -0.3 is 24.5 Å². The van der Waals surface area contributed by atoms with Crippen LogP contribution in [0.25, 0.3) is 10.9 Å². The molecule has 0 unspecified atom stereocenters. The van der Waals surface area contributed by atoms with Gasteiger partial charge in [0.15, 0.2) is 17.6 Å². The second-order valence-electron chi connectivity index (χ2n) is 6.20. The zero-order chi connectivity index (χ0) is 18.8. The third-order valence-corrected chi connectivity index (χ3v) is 4.37. The van der Waals surface area contributed by atoms with Crippen molar-refractivity contribution in [2.75, 3.05) is 6.79 Å². The normalized spacial score (nSPS) is 13.4. The molecule has 0 saturated carbocycles. The van der Waals surface area contributed by atoms with Gasteiger partial charge in [-0.3, -0.25) is 4.79 Å². The highest BCUT2D eigenvalue weighted by molar-refractivity contribution is 6.04. The molecule has 0 radical (unpaired) electrons. The number of hydrogen-bond donors (Lipinski definition) is 2. The number of rotatable bonds is 5. The van der Waals surface area contributed by atoms with E-state index in [1.807, 2.05) is 36.4 Å². The summed E-state index contributed by atoms with van der Waals surface area (Å²) in [5.74, 6) is 0.422. The summed E-state index contributed by atoms with van der Waals surface area (Å²) in [6.45, 7) is 2.04. The van der Waals surface area contributed by atoms with Gasteiger partial charge in [-0.25, -0.2) is 4.79 Å². The van der Waals surface area contributed by atoms with E-state index in [4.69, 9.17) is 14.2 Å². The standard InChI is InChI=1S/C20H18N2O5/c1-12(27-20(24)15-10-21-16-5-3-2-4-14(15)16)19(23)22-9-13-6-7-17-18(8-13)26-11-25-17/h2-8,10,12,21H,9,11H2,1H3,(H,22,23)/t12-/m0/s1. The minimum atomic E-state index is -0.917. The van der Waals surface area contributed by atoms with Gasteiger partial charge in [0, 0.05) is 23.6 Å². The highest BCUT2D eigenvalue weighted by Gasteiger charge is 2.21. The van der Waals surface area contributed by atoms with Gasteiger partial charge in [0.25, 0.3) is 5.91 Å². The van der Waals surface area contributed by atoms with Gasteiger partial charge in [0.1, 0.15) is 0 Å². The molecule has 1 aliphatic rings. The Kier molecular flexibility index (Phi) is 4.42. The summed E-state index contributed by atoms with van der Waals surface area (Å²) in [5, 5.41) is 3.52. The quantitative estimate of drug-likeness (QED) is 0.678. The highest BCUT2D eigenvalue weighted by atomic mass is 16.7. The Morgan fingerprint density at radius 1 is 1.19 bits per heavy atom. The molecular formula is C20H18N2O5. The number of H-pyrrole nitrogens is 1. The molecule has 138 valence electrons. The van der Waals surface area contributed by atoms with Crippen molar-refractivity contribution in [2.24, 2.45) is 0 Å². The van der Waals surface area contributed by atoms with Crippen molar-refractivity contribution >= 4 is 22.8 Å². The molecule has 7 nitrogen and oxygen atoms in total. The molecule has 1 amide bonds. The van der Waals surface area contributed by atoms with E-state index >= 15 is 0 Å². The molecule has 1 aromatic heterocycles. The lowest BCUT2D eigenvalue weighted by molar-refractivity contribution is -0.129. The summed E-state index contributed by atoms with van der Waals surface area (Å²) in [6.07, 6.45) is 0.671. The van der Waals surface area contributed by atoms with Crippen LogP contribution in [0, 0.1) is 0 Å². The fourth-order valence-corrected chi connectivity index (χ4v) is 2.90. The van der Waals surface area contributed by atoms with Crippen LogP contribution in [0.5, 0.6) is 11.5 Å². The van der Waals surface area contributed by atoms with Gasteiger partial charge in [-0.2, -0.15) is 0 Å².